The molecule has 0 amide bonds. The molecule has 0 aromatic heterocycles. The lowest BCUT2D eigenvalue weighted by molar-refractivity contribution is -0.118. The molecule has 4 aliphatic rings. The summed E-state index contributed by atoms with van der Waals surface area (Å²) in [6.45, 7) is 5.98. The van der Waals surface area contributed by atoms with Gasteiger partial charge in [-0.05, 0) is 100.0 Å². The van der Waals surface area contributed by atoms with E-state index in [1.807, 2.05) is 19.0 Å². The smallest absolute Gasteiger partial charge is 0.142 e. The Balaban J connectivity index is 1.47. The van der Waals surface area contributed by atoms with E-state index >= 15 is 4.39 Å². The molecule has 4 fully saturated rings. The highest BCUT2D eigenvalue weighted by Crippen LogP contribution is 2.66. The van der Waals surface area contributed by atoms with Gasteiger partial charge in [0.1, 0.15) is 12.8 Å². The zero-order chi connectivity index (χ0) is 20.1. The summed E-state index contributed by atoms with van der Waals surface area (Å²) in [6, 6.07) is 0. The second-order valence-corrected chi connectivity index (χ2v) is 10.9. The first-order valence-electron chi connectivity index (χ1n) is 11.4. The van der Waals surface area contributed by atoms with Gasteiger partial charge in [-0.15, -0.1) is 0 Å². The fraction of sp³-hybridized carbons (Fsp3) is 0.957. The van der Waals surface area contributed by atoms with Crippen molar-refractivity contribution in [3.63, 3.8) is 0 Å². The first-order chi connectivity index (χ1) is 13.3. The minimum absolute atomic E-state index is 0.0693. The summed E-state index contributed by atoms with van der Waals surface area (Å²) in [5.74, 6) is 2.41. The van der Waals surface area contributed by atoms with Crippen LogP contribution in [-0.4, -0.2) is 55.2 Å². The molecule has 4 nitrogen and oxygen atoms in total. The second-order valence-electron chi connectivity index (χ2n) is 10.9. The molecular formula is C23H39FN2O2. The summed E-state index contributed by atoms with van der Waals surface area (Å²) in [4.78, 5) is 7.48. The molecule has 1 N–H and O–H groups in total. The molecule has 0 saturated heterocycles. The first kappa shape index (κ1) is 20.6. The maximum atomic E-state index is 15.2. The lowest BCUT2D eigenvalue weighted by Gasteiger charge is -2.60. The van der Waals surface area contributed by atoms with Crippen LogP contribution in [0.15, 0.2) is 5.16 Å². The number of aliphatic hydroxyl groups is 1. The lowest BCUT2D eigenvalue weighted by Crippen LogP contribution is -2.55. The highest BCUT2D eigenvalue weighted by molar-refractivity contribution is 5.89. The van der Waals surface area contributed by atoms with Crippen molar-refractivity contribution >= 4 is 5.71 Å². The van der Waals surface area contributed by atoms with Gasteiger partial charge >= 0.3 is 0 Å². The van der Waals surface area contributed by atoms with Gasteiger partial charge in [-0.2, -0.15) is 0 Å². The molecule has 160 valence electrons. The highest BCUT2D eigenvalue weighted by Gasteiger charge is 2.60. The van der Waals surface area contributed by atoms with Gasteiger partial charge in [-0.3, -0.25) is 0 Å². The zero-order valence-corrected chi connectivity index (χ0v) is 18.2. The number of alkyl halides is 1. The quantitative estimate of drug-likeness (QED) is 0.572. The largest absolute Gasteiger partial charge is 0.394 e. The number of hydrogen-bond acceptors (Lipinski definition) is 4. The van der Waals surface area contributed by atoms with E-state index < -0.39 is 6.17 Å². The summed E-state index contributed by atoms with van der Waals surface area (Å²) in [5.41, 5.74) is 0.803. The first-order valence-corrected chi connectivity index (χ1v) is 11.4. The standard InChI is InChI=1S/C23H39FN2O2/c1-22-10-9-18-16(17(22)7-8-21(22)27)6-5-15-13-20(19(24)14-23(15,18)2)25-28-12-11-26(3)4/h15-19,21,27H,5-14H2,1-4H3/b25-20+/t15?,16-,17-,18-,19+,21-,22-,23-/m0/s1. The van der Waals surface area contributed by atoms with Crippen molar-refractivity contribution in [2.45, 2.75) is 77.5 Å². The third-order valence-corrected chi connectivity index (χ3v) is 9.26. The van der Waals surface area contributed by atoms with Crippen molar-refractivity contribution in [1.29, 1.82) is 0 Å². The van der Waals surface area contributed by atoms with E-state index in [-0.39, 0.29) is 16.9 Å². The Morgan fingerprint density at radius 3 is 2.61 bits per heavy atom. The molecule has 0 aliphatic heterocycles. The monoisotopic (exact) mass is 394 g/mol. The molecule has 4 saturated carbocycles. The fourth-order valence-electron chi connectivity index (χ4n) is 7.49. The molecule has 0 radical (unpaired) electrons. The second kappa shape index (κ2) is 7.54. The molecule has 4 aliphatic carbocycles. The Bertz CT molecular complexity index is 611. The number of oxime groups is 1. The molecule has 5 heteroatoms. The number of rotatable bonds is 4. The van der Waals surface area contributed by atoms with E-state index in [9.17, 15) is 5.11 Å². The minimum atomic E-state index is -0.971. The molecule has 4 rings (SSSR count). The Morgan fingerprint density at radius 1 is 1.11 bits per heavy atom. The number of fused-ring (bicyclic) bond motifs is 5. The van der Waals surface area contributed by atoms with Gasteiger partial charge in [-0.1, -0.05) is 19.0 Å². The summed E-state index contributed by atoms with van der Waals surface area (Å²) < 4.78 is 15.2. The van der Waals surface area contributed by atoms with Crippen LogP contribution < -0.4 is 0 Å². The van der Waals surface area contributed by atoms with Crippen LogP contribution in [0.5, 0.6) is 0 Å². The normalized spacial score (nSPS) is 49.6. The van der Waals surface area contributed by atoms with E-state index in [0.717, 1.165) is 38.6 Å². The molecule has 1 unspecified atom stereocenters. The van der Waals surface area contributed by atoms with Crippen molar-refractivity contribution in [2.24, 2.45) is 39.7 Å². The Kier molecular flexibility index (Phi) is 5.54. The fourth-order valence-corrected chi connectivity index (χ4v) is 7.49. The molecule has 0 bridgehead atoms. The molecule has 0 heterocycles. The van der Waals surface area contributed by atoms with Crippen molar-refractivity contribution < 1.29 is 14.3 Å². The number of halogens is 1. The van der Waals surface area contributed by atoms with Crippen LogP contribution >= 0.6 is 0 Å². The predicted molar refractivity (Wildman–Crippen MR) is 110 cm³/mol. The molecule has 0 aromatic carbocycles. The van der Waals surface area contributed by atoms with Gasteiger partial charge in [0, 0.05) is 6.54 Å². The van der Waals surface area contributed by atoms with Crippen molar-refractivity contribution in [2.75, 3.05) is 27.2 Å². The summed E-state index contributed by atoms with van der Waals surface area (Å²) in [6.07, 6.45) is 7.03. The Hall–Kier alpha value is -0.680. The third kappa shape index (κ3) is 3.30. The van der Waals surface area contributed by atoms with Crippen molar-refractivity contribution in [3.8, 4) is 0 Å². The van der Waals surface area contributed by atoms with Gasteiger partial charge in [-0.25, -0.2) is 4.39 Å². The van der Waals surface area contributed by atoms with E-state index in [4.69, 9.17) is 4.84 Å². The molecule has 28 heavy (non-hydrogen) atoms. The number of hydrogen-bond donors (Lipinski definition) is 1. The third-order valence-electron chi connectivity index (χ3n) is 9.26. The van der Waals surface area contributed by atoms with Gasteiger partial charge in [0.05, 0.1) is 11.8 Å². The van der Waals surface area contributed by atoms with Gasteiger partial charge < -0.3 is 14.8 Å². The number of likely N-dealkylation sites (N-methyl/N-ethyl adjacent to an activating group) is 1. The number of aliphatic hydroxyl groups excluding tert-OH is 1. The van der Waals surface area contributed by atoms with Crippen LogP contribution in [0.1, 0.15) is 65.2 Å². The average molecular weight is 395 g/mol. The van der Waals surface area contributed by atoms with Crippen LogP contribution in [0.25, 0.3) is 0 Å². The van der Waals surface area contributed by atoms with E-state index in [0.29, 0.717) is 42.4 Å². The van der Waals surface area contributed by atoms with Crippen LogP contribution in [0, 0.1) is 34.5 Å². The minimum Gasteiger partial charge on any atom is -0.394 e. The number of nitrogens with zero attached hydrogens (tertiary/aromatic N) is 2. The van der Waals surface area contributed by atoms with E-state index in [1.54, 1.807) is 0 Å². The van der Waals surface area contributed by atoms with Crippen LogP contribution in [0.3, 0.4) is 0 Å². The maximum Gasteiger partial charge on any atom is 0.142 e. The Labute approximate surface area is 169 Å². The Morgan fingerprint density at radius 2 is 1.86 bits per heavy atom. The highest BCUT2D eigenvalue weighted by atomic mass is 19.1. The van der Waals surface area contributed by atoms with Crippen molar-refractivity contribution in [3.05, 3.63) is 0 Å². The van der Waals surface area contributed by atoms with Crippen LogP contribution in [0.4, 0.5) is 4.39 Å². The molecule has 0 spiro atoms. The van der Waals surface area contributed by atoms with E-state index in [2.05, 4.69) is 19.0 Å². The average Bonchev–Trinajstić information content (AvgIpc) is 2.94. The van der Waals surface area contributed by atoms with Gasteiger partial charge in [0.2, 0.25) is 0 Å². The topological polar surface area (TPSA) is 45.1 Å². The molecule has 0 aromatic rings. The zero-order valence-electron chi connectivity index (χ0n) is 18.2. The SMILES string of the molecule is CN(C)CCO/N=C1\CC2CC[C@H]3[C@@H]4CC[C@H](O)[C@@]4(C)CC[C@@H]3[C@@]2(C)C[C@H]1F. The van der Waals surface area contributed by atoms with Crippen LogP contribution in [-0.2, 0) is 4.84 Å². The van der Waals surface area contributed by atoms with Gasteiger partial charge in [0.25, 0.3) is 0 Å². The summed E-state index contributed by atoms with van der Waals surface area (Å²) in [7, 11) is 3.99. The summed E-state index contributed by atoms with van der Waals surface area (Å²) >= 11 is 0. The maximum absolute atomic E-state index is 15.2. The van der Waals surface area contributed by atoms with Crippen LogP contribution in [0.2, 0.25) is 0 Å². The van der Waals surface area contributed by atoms with E-state index in [1.165, 1.54) is 12.8 Å². The molecule has 8 atom stereocenters. The van der Waals surface area contributed by atoms with Crippen molar-refractivity contribution in [1.82, 2.24) is 4.90 Å². The predicted octanol–water partition coefficient (Wildman–Crippen LogP) is 4.27. The summed E-state index contributed by atoms with van der Waals surface area (Å²) in [5, 5.41) is 14.8. The van der Waals surface area contributed by atoms with Gasteiger partial charge in [0.15, 0.2) is 0 Å². The lowest BCUT2D eigenvalue weighted by atomic mass is 9.45. The molecular weight excluding hydrogens is 355 g/mol.